The Morgan fingerprint density at radius 2 is 1.61 bits per heavy atom. The molecule has 0 aromatic heterocycles. The molecular formula is C12H18BrO4P. The summed E-state index contributed by atoms with van der Waals surface area (Å²) in [5.74, 6) is 0. The third-order valence-corrected chi connectivity index (χ3v) is 4.30. The molecule has 0 fully saturated rings. The Balaban J connectivity index is 2.43. The molecule has 0 heterocycles. The molecule has 1 rings (SSSR count). The summed E-state index contributed by atoms with van der Waals surface area (Å²) in [4.78, 5) is 0. The fourth-order valence-corrected chi connectivity index (χ4v) is 2.79. The topological polar surface area (TPSA) is 44.8 Å². The molecule has 0 saturated heterocycles. The van der Waals surface area contributed by atoms with E-state index in [1.165, 1.54) is 0 Å². The van der Waals surface area contributed by atoms with Gasteiger partial charge in [-0.15, -0.1) is 0 Å². The molecule has 102 valence electrons. The average Bonchev–Trinajstić information content (AvgIpc) is 2.32. The molecular weight excluding hydrogens is 319 g/mol. The van der Waals surface area contributed by atoms with Crippen LogP contribution in [0.2, 0.25) is 0 Å². The molecule has 0 unspecified atom stereocenters. The molecule has 0 aliphatic carbocycles. The lowest BCUT2D eigenvalue weighted by Gasteiger charge is -2.16. The second-order valence-electron chi connectivity index (χ2n) is 3.49. The van der Waals surface area contributed by atoms with Crippen molar-refractivity contribution in [1.82, 2.24) is 0 Å². The van der Waals surface area contributed by atoms with Crippen molar-refractivity contribution < 1.29 is 18.1 Å². The van der Waals surface area contributed by atoms with Gasteiger partial charge in [0.15, 0.2) is 0 Å². The van der Waals surface area contributed by atoms with Crippen molar-refractivity contribution in [1.29, 1.82) is 0 Å². The minimum absolute atomic E-state index is 0.301. The Bertz CT molecular complexity index is 384. The van der Waals surface area contributed by atoms with Gasteiger partial charge in [-0.1, -0.05) is 28.1 Å². The number of phosphoric acid groups is 1. The monoisotopic (exact) mass is 336 g/mol. The summed E-state index contributed by atoms with van der Waals surface area (Å²) in [5.41, 5.74) is 1.11. The second kappa shape index (κ2) is 8.08. The van der Waals surface area contributed by atoms with Crippen LogP contribution in [0.3, 0.4) is 0 Å². The van der Waals surface area contributed by atoms with Crippen molar-refractivity contribution in [2.24, 2.45) is 0 Å². The third kappa shape index (κ3) is 5.63. The Labute approximate surface area is 116 Å². The highest BCUT2D eigenvalue weighted by Gasteiger charge is 2.24. The van der Waals surface area contributed by atoms with E-state index >= 15 is 0 Å². The Morgan fingerprint density at radius 1 is 1.06 bits per heavy atom. The quantitative estimate of drug-likeness (QED) is 0.667. The molecule has 0 atom stereocenters. The molecule has 0 bridgehead atoms. The van der Waals surface area contributed by atoms with E-state index < -0.39 is 7.82 Å². The number of hydrogen-bond acceptors (Lipinski definition) is 4. The fourth-order valence-electron chi connectivity index (χ4n) is 1.35. The van der Waals surface area contributed by atoms with Gasteiger partial charge in [0.1, 0.15) is 0 Å². The lowest BCUT2D eigenvalue weighted by Crippen LogP contribution is -2.03. The van der Waals surface area contributed by atoms with Gasteiger partial charge in [-0.3, -0.25) is 13.6 Å². The van der Waals surface area contributed by atoms with Gasteiger partial charge in [0, 0.05) is 4.47 Å². The van der Waals surface area contributed by atoms with Gasteiger partial charge in [-0.2, -0.15) is 0 Å². The molecule has 0 saturated carbocycles. The van der Waals surface area contributed by atoms with Gasteiger partial charge in [-0.25, -0.2) is 4.57 Å². The van der Waals surface area contributed by atoms with Crippen LogP contribution < -0.4 is 0 Å². The van der Waals surface area contributed by atoms with Crippen molar-refractivity contribution in [2.45, 2.75) is 20.3 Å². The van der Waals surface area contributed by atoms with E-state index in [0.29, 0.717) is 26.2 Å². The van der Waals surface area contributed by atoms with Crippen LogP contribution in [0.1, 0.15) is 19.4 Å². The lowest BCUT2D eigenvalue weighted by molar-refractivity contribution is 0.122. The van der Waals surface area contributed by atoms with Crippen LogP contribution in [-0.4, -0.2) is 19.8 Å². The van der Waals surface area contributed by atoms with Crippen molar-refractivity contribution in [2.75, 3.05) is 19.8 Å². The van der Waals surface area contributed by atoms with Crippen LogP contribution >= 0.6 is 23.8 Å². The van der Waals surface area contributed by atoms with Crippen molar-refractivity contribution in [3.63, 3.8) is 0 Å². The molecule has 0 spiro atoms. The summed E-state index contributed by atoms with van der Waals surface area (Å²) in [5, 5.41) is 0. The smallest absolute Gasteiger partial charge is 0.287 e. The highest BCUT2D eigenvalue weighted by Crippen LogP contribution is 2.49. The molecule has 0 radical (unpaired) electrons. The Morgan fingerprint density at radius 3 is 2.11 bits per heavy atom. The number of benzene rings is 1. The van der Waals surface area contributed by atoms with Gasteiger partial charge < -0.3 is 0 Å². The first-order valence-corrected chi connectivity index (χ1v) is 8.13. The van der Waals surface area contributed by atoms with E-state index in [0.717, 1.165) is 10.0 Å². The van der Waals surface area contributed by atoms with Crippen LogP contribution in [0.5, 0.6) is 0 Å². The van der Waals surface area contributed by atoms with Crippen LogP contribution in [0.4, 0.5) is 0 Å². The van der Waals surface area contributed by atoms with Crippen molar-refractivity contribution in [3.05, 3.63) is 34.3 Å². The molecule has 4 nitrogen and oxygen atoms in total. The van der Waals surface area contributed by atoms with Gasteiger partial charge in [0.05, 0.1) is 19.8 Å². The number of hydrogen-bond donors (Lipinski definition) is 0. The van der Waals surface area contributed by atoms with Crippen LogP contribution in [0.15, 0.2) is 28.7 Å². The summed E-state index contributed by atoms with van der Waals surface area (Å²) >= 11 is 3.37. The van der Waals surface area contributed by atoms with E-state index in [-0.39, 0.29) is 0 Å². The highest BCUT2D eigenvalue weighted by atomic mass is 79.9. The number of rotatable bonds is 8. The zero-order chi connectivity index (χ0) is 13.4. The zero-order valence-corrected chi connectivity index (χ0v) is 13.1. The van der Waals surface area contributed by atoms with Crippen LogP contribution in [0, 0.1) is 0 Å². The first kappa shape index (κ1) is 15.9. The summed E-state index contributed by atoms with van der Waals surface area (Å²) in [6, 6.07) is 7.89. The first-order chi connectivity index (χ1) is 8.59. The highest BCUT2D eigenvalue weighted by molar-refractivity contribution is 9.10. The molecule has 0 amide bonds. The number of phosphoric ester groups is 1. The van der Waals surface area contributed by atoms with Crippen LogP contribution in [-0.2, 0) is 24.6 Å². The largest absolute Gasteiger partial charge is 0.474 e. The van der Waals surface area contributed by atoms with E-state index in [4.69, 9.17) is 13.6 Å². The van der Waals surface area contributed by atoms with E-state index in [9.17, 15) is 4.57 Å². The number of halogens is 1. The summed E-state index contributed by atoms with van der Waals surface area (Å²) in [7, 11) is -3.38. The predicted octanol–water partition coefficient (Wildman–Crippen LogP) is 4.19. The Kier molecular flexibility index (Phi) is 7.12. The maximum atomic E-state index is 12.0. The molecule has 0 aliphatic heterocycles. The molecule has 0 N–H and O–H groups in total. The molecule has 0 aliphatic rings. The van der Waals surface area contributed by atoms with Crippen molar-refractivity contribution >= 4 is 23.8 Å². The molecule has 1 aromatic rings. The standard InChI is InChI=1S/C12H18BrO4P/c1-3-15-18(14,16-4-2)17-10-9-11-5-7-12(13)8-6-11/h5-8H,3-4,9-10H2,1-2H3. The molecule has 1 aromatic carbocycles. The predicted molar refractivity (Wildman–Crippen MR) is 74.7 cm³/mol. The SMILES string of the molecule is CCOP(=O)(OCC)OCCc1ccc(Br)cc1. The van der Waals surface area contributed by atoms with Gasteiger partial charge >= 0.3 is 7.82 Å². The zero-order valence-electron chi connectivity index (χ0n) is 10.6. The lowest BCUT2D eigenvalue weighted by atomic mass is 10.2. The van der Waals surface area contributed by atoms with Gasteiger partial charge in [0.2, 0.25) is 0 Å². The summed E-state index contributed by atoms with van der Waals surface area (Å²) in [6.07, 6.45) is 0.664. The van der Waals surface area contributed by atoms with Crippen molar-refractivity contribution in [3.8, 4) is 0 Å². The molecule has 18 heavy (non-hydrogen) atoms. The maximum absolute atomic E-state index is 12.0. The van der Waals surface area contributed by atoms with E-state index in [1.54, 1.807) is 13.8 Å². The molecule has 6 heteroatoms. The summed E-state index contributed by atoms with van der Waals surface area (Å²) in [6.45, 7) is 4.41. The third-order valence-electron chi connectivity index (χ3n) is 2.13. The minimum Gasteiger partial charge on any atom is -0.287 e. The first-order valence-electron chi connectivity index (χ1n) is 5.87. The minimum atomic E-state index is -3.38. The summed E-state index contributed by atoms with van der Waals surface area (Å²) < 4.78 is 28.3. The van der Waals surface area contributed by atoms with E-state index in [1.807, 2.05) is 24.3 Å². The van der Waals surface area contributed by atoms with E-state index in [2.05, 4.69) is 15.9 Å². The average molecular weight is 337 g/mol. The van der Waals surface area contributed by atoms with Gasteiger partial charge in [-0.05, 0) is 38.0 Å². The second-order valence-corrected chi connectivity index (χ2v) is 6.08. The Hall–Kier alpha value is -0.190. The van der Waals surface area contributed by atoms with Crippen LogP contribution in [0.25, 0.3) is 0 Å². The van der Waals surface area contributed by atoms with Gasteiger partial charge in [0.25, 0.3) is 0 Å². The normalized spacial score (nSPS) is 11.7. The fraction of sp³-hybridized carbons (Fsp3) is 0.500. The maximum Gasteiger partial charge on any atom is 0.474 e.